The zero-order valence-corrected chi connectivity index (χ0v) is 13.4. The first-order valence-electron chi connectivity index (χ1n) is 6.55. The second-order valence-corrected chi connectivity index (χ2v) is 5.65. The summed E-state index contributed by atoms with van der Waals surface area (Å²) in [5.74, 6) is -0.382. The molecule has 0 saturated carbocycles. The van der Waals surface area contributed by atoms with Crippen LogP contribution in [0.25, 0.3) is 0 Å². The molecule has 110 valence electrons. The van der Waals surface area contributed by atoms with Gasteiger partial charge in [-0.05, 0) is 42.8 Å². The van der Waals surface area contributed by atoms with Crippen LogP contribution in [0.15, 0.2) is 46.9 Å². The molecular weight excluding hydrogens is 335 g/mol. The summed E-state index contributed by atoms with van der Waals surface area (Å²) in [5, 5.41) is 6.07. The standard InChI is InChI=1S/C16H16BrFN2O/c1-10(15-7-6-12(18)8-16(15)17)19-13-4-3-5-14(9-13)20-11(2)21/h3-10,19H,1-2H3,(H,20,21). The zero-order valence-electron chi connectivity index (χ0n) is 11.8. The number of amides is 1. The fourth-order valence-electron chi connectivity index (χ4n) is 2.07. The highest BCUT2D eigenvalue weighted by Gasteiger charge is 2.10. The van der Waals surface area contributed by atoms with Gasteiger partial charge >= 0.3 is 0 Å². The third-order valence-electron chi connectivity index (χ3n) is 3.00. The van der Waals surface area contributed by atoms with Crippen LogP contribution in [0.1, 0.15) is 25.5 Å². The number of nitrogens with one attached hydrogen (secondary N) is 2. The number of anilines is 2. The average molecular weight is 351 g/mol. The fourth-order valence-corrected chi connectivity index (χ4v) is 2.76. The van der Waals surface area contributed by atoms with E-state index >= 15 is 0 Å². The molecule has 1 unspecified atom stereocenters. The number of halogens is 2. The van der Waals surface area contributed by atoms with Crippen molar-refractivity contribution in [1.82, 2.24) is 0 Å². The highest BCUT2D eigenvalue weighted by atomic mass is 79.9. The first kappa shape index (κ1) is 15.5. The molecule has 0 fully saturated rings. The van der Waals surface area contributed by atoms with Crippen molar-refractivity contribution in [2.45, 2.75) is 19.9 Å². The largest absolute Gasteiger partial charge is 0.378 e. The molecule has 0 aromatic heterocycles. The molecule has 2 rings (SSSR count). The third-order valence-corrected chi connectivity index (χ3v) is 3.68. The maximum atomic E-state index is 13.1. The number of rotatable bonds is 4. The highest BCUT2D eigenvalue weighted by molar-refractivity contribution is 9.10. The van der Waals surface area contributed by atoms with Crippen molar-refractivity contribution in [3.63, 3.8) is 0 Å². The molecule has 0 radical (unpaired) electrons. The summed E-state index contributed by atoms with van der Waals surface area (Å²) in [5.41, 5.74) is 2.57. The molecule has 1 atom stereocenters. The number of carbonyl (C=O) groups is 1. The Labute approximate surface area is 131 Å². The van der Waals surface area contributed by atoms with Gasteiger partial charge in [-0.25, -0.2) is 4.39 Å². The molecule has 2 N–H and O–H groups in total. The minimum Gasteiger partial charge on any atom is -0.378 e. The van der Waals surface area contributed by atoms with Crippen LogP contribution in [0.3, 0.4) is 0 Å². The molecule has 2 aromatic rings. The van der Waals surface area contributed by atoms with Crippen molar-refractivity contribution in [3.8, 4) is 0 Å². The minimum absolute atomic E-state index is 0.00690. The van der Waals surface area contributed by atoms with Crippen LogP contribution < -0.4 is 10.6 Å². The van der Waals surface area contributed by atoms with E-state index in [2.05, 4.69) is 26.6 Å². The SMILES string of the molecule is CC(=O)Nc1cccc(NC(C)c2ccc(F)cc2Br)c1. The lowest BCUT2D eigenvalue weighted by atomic mass is 10.1. The fraction of sp³-hybridized carbons (Fsp3) is 0.188. The van der Waals surface area contributed by atoms with E-state index in [-0.39, 0.29) is 17.8 Å². The van der Waals surface area contributed by atoms with Gasteiger partial charge in [0.05, 0.1) is 0 Å². The molecule has 0 aliphatic heterocycles. The van der Waals surface area contributed by atoms with Crippen molar-refractivity contribution >= 4 is 33.2 Å². The smallest absolute Gasteiger partial charge is 0.221 e. The summed E-state index contributed by atoms with van der Waals surface area (Å²) < 4.78 is 13.8. The van der Waals surface area contributed by atoms with Crippen LogP contribution in [0.5, 0.6) is 0 Å². The van der Waals surface area contributed by atoms with E-state index in [1.165, 1.54) is 19.1 Å². The molecule has 0 saturated heterocycles. The molecule has 0 spiro atoms. The minimum atomic E-state index is -0.273. The molecule has 2 aromatic carbocycles. The molecule has 1 amide bonds. The zero-order chi connectivity index (χ0) is 15.4. The maximum Gasteiger partial charge on any atom is 0.221 e. The molecule has 0 heterocycles. The Morgan fingerprint density at radius 1 is 1.19 bits per heavy atom. The predicted molar refractivity (Wildman–Crippen MR) is 86.9 cm³/mol. The first-order valence-corrected chi connectivity index (χ1v) is 7.34. The van der Waals surface area contributed by atoms with Crippen molar-refractivity contribution in [2.75, 3.05) is 10.6 Å². The number of hydrogen-bond acceptors (Lipinski definition) is 2. The van der Waals surface area contributed by atoms with Crippen LogP contribution in [0, 0.1) is 5.82 Å². The van der Waals surface area contributed by atoms with Crippen molar-refractivity contribution in [3.05, 3.63) is 58.3 Å². The second kappa shape index (κ2) is 6.72. The van der Waals surface area contributed by atoms with Crippen molar-refractivity contribution in [2.24, 2.45) is 0 Å². The summed E-state index contributed by atoms with van der Waals surface area (Å²) in [6.07, 6.45) is 0. The van der Waals surface area contributed by atoms with Gasteiger partial charge in [-0.3, -0.25) is 4.79 Å². The van der Waals surface area contributed by atoms with Crippen LogP contribution in [-0.4, -0.2) is 5.91 Å². The molecule has 0 aliphatic carbocycles. The normalized spacial score (nSPS) is 11.8. The van der Waals surface area contributed by atoms with Crippen LogP contribution in [0.4, 0.5) is 15.8 Å². The van der Waals surface area contributed by atoms with Crippen molar-refractivity contribution in [1.29, 1.82) is 0 Å². The molecule has 3 nitrogen and oxygen atoms in total. The van der Waals surface area contributed by atoms with Crippen LogP contribution in [-0.2, 0) is 4.79 Å². The molecule has 0 aliphatic rings. The summed E-state index contributed by atoms with van der Waals surface area (Å²) in [7, 11) is 0. The lowest BCUT2D eigenvalue weighted by molar-refractivity contribution is -0.114. The van der Waals surface area contributed by atoms with E-state index in [0.29, 0.717) is 0 Å². The molecule has 21 heavy (non-hydrogen) atoms. The Hall–Kier alpha value is -1.88. The Balaban J connectivity index is 2.15. The van der Waals surface area contributed by atoms with Gasteiger partial charge in [0.25, 0.3) is 0 Å². The molecular formula is C16H16BrFN2O. The van der Waals surface area contributed by atoms with E-state index in [0.717, 1.165) is 21.4 Å². The lowest BCUT2D eigenvalue weighted by Crippen LogP contribution is -2.09. The third kappa shape index (κ3) is 4.29. The summed E-state index contributed by atoms with van der Waals surface area (Å²) in [6, 6.07) is 12.1. The lowest BCUT2D eigenvalue weighted by Gasteiger charge is -2.18. The van der Waals surface area contributed by atoms with Gasteiger partial charge in [-0.1, -0.05) is 28.1 Å². The van der Waals surface area contributed by atoms with Gasteiger partial charge < -0.3 is 10.6 Å². The quantitative estimate of drug-likeness (QED) is 0.837. The van der Waals surface area contributed by atoms with Gasteiger partial charge in [-0.15, -0.1) is 0 Å². The Bertz CT molecular complexity index is 660. The summed E-state index contributed by atoms with van der Waals surface area (Å²) >= 11 is 3.37. The Morgan fingerprint density at radius 2 is 1.90 bits per heavy atom. The average Bonchev–Trinajstić information content (AvgIpc) is 2.37. The van der Waals surface area contributed by atoms with Gasteiger partial charge in [-0.2, -0.15) is 0 Å². The number of benzene rings is 2. The van der Waals surface area contributed by atoms with E-state index in [1.54, 1.807) is 6.07 Å². The second-order valence-electron chi connectivity index (χ2n) is 4.79. The summed E-state index contributed by atoms with van der Waals surface area (Å²) in [6.45, 7) is 3.46. The van der Waals surface area contributed by atoms with E-state index in [1.807, 2.05) is 31.2 Å². The van der Waals surface area contributed by atoms with Crippen LogP contribution >= 0.6 is 15.9 Å². The Morgan fingerprint density at radius 3 is 2.57 bits per heavy atom. The van der Waals surface area contributed by atoms with Gasteiger partial charge in [0.15, 0.2) is 0 Å². The highest BCUT2D eigenvalue weighted by Crippen LogP contribution is 2.27. The Kier molecular flexibility index (Phi) is 4.96. The predicted octanol–water partition coefficient (Wildman–Crippen LogP) is 4.72. The maximum absolute atomic E-state index is 13.1. The van der Waals surface area contributed by atoms with Gasteiger partial charge in [0, 0.05) is 28.8 Å². The van der Waals surface area contributed by atoms with Gasteiger partial charge in [0.1, 0.15) is 5.82 Å². The van der Waals surface area contributed by atoms with E-state index < -0.39 is 0 Å². The number of carbonyl (C=O) groups excluding carboxylic acids is 1. The molecule has 0 bridgehead atoms. The first-order chi connectivity index (χ1) is 9.95. The topological polar surface area (TPSA) is 41.1 Å². The molecule has 5 heteroatoms. The monoisotopic (exact) mass is 350 g/mol. The van der Waals surface area contributed by atoms with E-state index in [4.69, 9.17) is 0 Å². The van der Waals surface area contributed by atoms with Gasteiger partial charge in [0.2, 0.25) is 5.91 Å². The number of hydrogen-bond donors (Lipinski definition) is 2. The van der Waals surface area contributed by atoms with Crippen LogP contribution in [0.2, 0.25) is 0 Å². The van der Waals surface area contributed by atoms with E-state index in [9.17, 15) is 9.18 Å². The van der Waals surface area contributed by atoms with Crippen molar-refractivity contribution < 1.29 is 9.18 Å². The summed E-state index contributed by atoms with van der Waals surface area (Å²) in [4.78, 5) is 11.1.